The molecule has 1 atom stereocenters. The summed E-state index contributed by atoms with van der Waals surface area (Å²) in [5.74, 6) is 1.16. The van der Waals surface area contributed by atoms with Crippen LogP contribution in [-0.4, -0.2) is 40.3 Å². The predicted molar refractivity (Wildman–Crippen MR) is 78.1 cm³/mol. The van der Waals surface area contributed by atoms with Gasteiger partial charge in [-0.3, -0.25) is 0 Å². The number of nitrogens with zero attached hydrogens (tertiary/aromatic N) is 3. The third kappa shape index (κ3) is 3.01. The van der Waals surface area contributed by atoms with Gasteiger partial charge < -0.3 is 20.9 Å². The minimum absolute atomic E-state index is 0.0742. The van der Waals surface area contributed by atoms with E-state index in [1.807, 2.05) is 26.0 Å². The molecule has 6 heteroatoms. The van der Waals surface area contributed by atoms with Crippen LogP contribution < -0.4 is 10.6 Å². The molecule has 1 saturated heterocycles. The molecule has 0 aliphatic carbocycles. The molecule has 4 N–H and O–H groups in total. The molecule has 1 fully saturated rings. The SMILES string of the molecule is Cc1ccc(/C(N)=N/O)c(N2CCC(C(C)O)CC2)n1. The monoisotopic (exact) mass is 278 g/mol. The number of amidine groups is 1. The van der Waals surface area contributed by atoms with Crippen LogP contribution in [0.3, 0.4) is 0 Å². The van der Waals surface area contributed by atoms with Crippen molar-refractivity contribution in [3.63, 3.8) is 0 Å². The van der Waals surface area contributed by atoms with Gasteiger partial charge >= 0.3 is 0 Å². The van der Waals surface area contributed by atoms with E-state index in [9.17, 15) is 5.11 Å². The number of nitrogens with two attached hydrogens (primary N) is 1. The number of piperidine rings is 1. The van der Waals surface area contributed by atoms with Crippen LogP contribution in [0.5, 0.6) is 0 Å². The van der Waals surface area contributed by atoms with E-state index in [1.54, 1.807) is 0 Å². The van der Waals surface area contributed by atoms with Gasteiger partial charge in [-0.1, -0.05) is 5.16 Å². The highest BCUT2D eigenvalue weighted by Gasteiger charge is 2.25. The number of anilines is 1. The van der Waals surface area contributed by atoms with Gasteiger partial charge in [0.15, 0.2) is 5.84 Å². The fourth-order valence-electron chi connectivity index (χ4n) is 2.63. The molecule has 2 heterocycles. The third-order valence-electron chi connectivity index (χ3n) is 3.92. The van der Waals surface area contributed by atoms with Crippen LogP contribution in [0.25, 0.3) is 0 Å². The first-order valence-electron chi connectivity index (χ1n) is 6.91. The van der Waals surface area contributed by atoms with E-state index < -0.39 is 0 Å². The van der Waals surface area contributed by atoms with Gasteiger partial charge in [0, 0.05) is 18.8 Å². The second-order valence-corrected chi connectivity index (χ2v) is 5.37. The molecular formula is C14H22N4O2. The average Bonchev–Trinajstić information content (AvgIpc) is 2.46. The fraction of sp³-hybridized carbons (Fsp3) is 0.571. The lowest BCUT2D eigenvalue weighted by Crippen LogP contribution is -2.38. The molecule has 1 unspecified atom stereocenters. The van der Waals surface area contributed by atoms with E-state index in [0.29, 0.717) is 11.5 Å². The van der Waals surface area contributed by atoms with E-state index in [4.69, 9.17) is 10.9 Å². The van der Waals surface area contributed by atoms with Crippen molar-refractivity contribution >= 4 is 11.7 Å². The molecule has 0 aromatic carbocycles. The smallest absolute Gasteiger partial charge is 0.173 e. The molecule has 20 heavy (non-hydrogen) atoms. The lowest BCUT2D eigenvalue weighted by atomic mass is 9.92. The number of rotatable bonds is 3. The number of aliphatic hydroxyl groups excluding tert-OH is 1. The molecule has 0 bridgehead atoms. The van der Waals surface area contributed by atoms with Gasteiger partial charge in [0.05, 0.1) is 11.7 Å². The molecule has 0 spiro atoms. The Bertz CT molecular complexity index is 494. The first-order valence-corrected chi connectivity index (χ1v) is 6.91. The van der Waals surface area contributed by atoms with Crippen LogP contribution in [0.15, 0.2) is 17.3 Å². The van der Waals surface area contributed by atoms with Gasteiger partial charge in [-0.05, 0) is 44.7 Å². The maximum atomic E-state index is 9.65. The van der Waals surface area contributed by atoms with Crippen molar-refractivity contribution in [3.8, 4) is 0 Å². The highest BCUT2D eigenvalue weighted by molar-refractivity contribution is 6.01. The lowest BCUT2D eigenvalue weighted by molar-refractivity contribution is 0.110. The Labute approximate surface area is 118 Å². The van der Waals surface area contributed by atoms with Gasteiger partial charge in [0.25, 0.3) is 0 Å². The number of pyridine rings is 1. The Morgan fingerprint density at radius 2 is 2.10 bits per heavy atom. The summed E-state index contributed by atoms with van der Waals surface area (Å²) in [5, 5.41) is 21.6. The van der Waals surface area contributed by atoms with Crippen molar-refractivity contribution in [1.29, 1.82) is 0 Å². The van der Waals surface area contributed by atoms with Crippen molar-refractivity contribution in [2.24, 2.45) is 16.8 Å². The summed E-state index contributed by atoms with van der Waals surface area (Å²) < 4.78 is 0. The molecule has 1 aliphatic rings. The van der Waals surface area contributed by atoms with Crippen molar-refractivity contribution < 1.29 is 10.3 Å². The summed E-state index contributed by atoms with van der Waals surface area (Å²) >= 11 is 0. The van der Waals surface area contributed by atoms with Crippen LogP contribution in [0.1, 0.15) is 31.0 Å². The second kappa shape index (κ2) is 6.09. The third-order valence-corrected chi connectivity index (χ3v) is 3.92. The van der Waals surface area contributed by atoms with Crippen LogP contribution >= 0.6 is 0 Å². The molecule has 1 aliphatic heterocycles. The molecule has 0 radical (unpaired) electrons. The zero-order chi connectivity index (χ0) is 14.7. The molecule has 2 rings (SSSR count). The molecule has 0 saturated carbocycles. The number of aliphatic hydroxyl groups is 1. The summed E-state index contributed by atoms with van der Waals surface area (Å²) in [7, 11) is 0. The van der Waals surface area contributed by atoms with Crippen LogP contribution in [0.2, 0.25) is 0 Å². The highest BCUT2D eigenvalue weighted by atomic mass is 16.4. The number of oxime groups is 1. The molecular weight excluding hydrogens is 256 g/mol. The summed E-state index contributed by atoms with van der Waals surface area (Å²) in [6.45, 7) is 5.39. The number of aromatic nitrogens is 1. The van der Waals surface area contributed by atoms with E-state index in [2.05, 4.69) is 15.0 Å². The number of hydrogen-bond acceptors (Lipinski definition) is 5. The van der Waals surface area contributed by atoms with Crippen molar-refractivity contribution in [1.82, 2.24) is 4.98 Å². The molecule has 1 aromatic rings. The van der Waals surface area contributed by atoms with Crippen LogP contribution in [0, 0.1) is 12.8 Å². The standard InChI is InChI=1S/C14H22N4O2/c1-9-3-4-12(13(15)17-20)14(16-9)18-7-5-11(6-8-18)10(2)19/h3-4,10-11,19-20H,5-8H2,1-2H3,(H2,15,17). The van der Waals surface area contributed by atoms with Gasteiger partial charge in [-0.25, -0.2) is 4.98 Å². The van der Waals surface area contributed by atoms with Gasteiger partial charge in [0.2, 0.25) is 0 Å². The fourth-order valence-corrected chi connectivity index (χ4v) is 2.63. The molecule has 6 nitrogen and oxygen atoms in total. The summed E-state index contributed by atoms with van der Waals surface area (Å²) in [6, 6.07) is 3.67. The first-order chi connectivity index (χ1) is 9.52. The average molecular weight is 278 g/mol. The zero-order valence-corrected chi connectivity index (χ0v) is 12.0. The van der Waals surface area contributed by atoms with Crippen molar-refractivity contribution in [2.45, 2.75) is 32.8 Å². The summed E-state index contributed by atoms with van der Waals surface area (Å²) in [4.78, 5) is 6.67. The van der Waals surface area contributed by atoms with E-state index >= 15 is 0 Å². The molecule has 1 aromatic heterocycles. The second-order valence-electron chi connectivity index (χ2n) is 5.37. The summed E-state index contributed by atoms with van der Waals surface area (Å²) in [6.07, 6.45) is 1.57. The predicted octanol–water partition coefficient (Wildman–Crippen LogP) is 1.08. The van der Waals surface area contributed by atoms with E-state index in [1.165, 1.54) is 0 Å². The Kier molecular flexibility index (Phi) is 4.44. The number of hydrogen-bond donors (Lipinski definition) is 3. The minimum Gasteiger partial charge on any atom is -0.409 e. The van der Waals surface area contributed by atoms with Gasteiger partial charge in [0.1, 0.15) is 5.82 Å². The Morgan fingerprint density at radius 3 is 2.65 bits per heavy atom. The quantitative estimate of drug-likeness (QED) is 0.333. The minimum atomic E-state index is -0.272. The lowest BCUT2D eigenvalue weighted by Gasteiger charge is -2.35. The van der Waals surface area contributed by atoms with Crippen LogP contribution in [0.4, 0.5) is 5.82 Å². The highest BCUT2D eigenvalue weighted by Crippen LogP contribution is 2.26. The van der Waals surface area contributed by atoms with Crippen LogP contribution in [-0.2, 0) is 0 Å². The summed E-state index contributed by atoms with van der Waals surface area (Å²) in [5.41, 5.74) is 7.26. The van der Waals surface area contributed by atoms with Crippen molar-refractivity contribution in [3.05, 3.63) is 23.4 Å². The maximum absolute atomic E-state index is 9.65. The number of aryl methyl sites for hydroxylation is 1. The topological polar surface area (TPSA) is 95.0 Å². The maximum Gasteiger partial charge on any atom is 0.173 e. The van der Waals surface area contributed by atoms with Gasteiger partial charge in [-0.2, -0.15) is 0 Å². The van der Waals surface area contributed by atoms with E-state index in [-0.39, 0.29) is 11.9 Å². The Balaban J connectivity index is 2.23. The largest absolute Gasteiger partial charge is 0.409 e. The van der Waals surface area contributed by atoms with Gasteiger partial charge in [-0.15, -0.1) is 0 Å². The van der Waals surface area contributed by atoms with E-state index in [0.717, 1.165) is 37.4 Å². The molecule has 110 valence electrons. The first kappa shape index (κ1) is 14.6. The zero-order valence-electron chi connectivity index (χ0n) is 12.0. The molecule has 0 amide bonds. The Morgan fingerprint density at radius 1 is 1.45 bits per heavy atom. The Hall–Kier alpha value is -1.82. The normalized spacial score (nSPS) is 19.1. The van der Waals surface area contributed by atoms with Crippen molar-refractivity contribution in [2.75, 3.05) is 18.0 Å².